The summed E-state index contributed by atoms with van der Waals surface area (Å²) in [5.74, 6) is 0.991. The molecule has 1 aliphatic rings. The fraction of sp³-hybridized carbons (Fsp3) is 1.00. The highest BCUT2D eigenvalue weighted by molar-refractivity contribution is 4.85. The zero-order valence-corrected chi connectivity index (χ0v) is 15.4. The zero-order valence-electron chi connectivity index (χ0n) is 15.4. The zero-order chi connectivity index (χ0) is 15.4. The third kappa shape index (κ3) is 8.27. The van der Waals surface area contributed by atoms with Crippen LogP contribution in [0.5, 0.6) is 0 Å². The summed E-state index contributed by atoms with van der Waals surface area (Å²) in [5, 5.41) is 0. The quantitative estimate of drug-likeness (QED) is 0.321. The Morgan fingerprint density at radius 3 is 1.76 bits per heavy atom. The van der Waals surface area contributed by atoms with Crippen LogP contribution < -0.4 is 0 Å². The van der Waals surface area contributed by atoms with Crippen LogP contribution in [0.1, 0.15) is 124 Å². The molecule has 0 N–H and O–H groups in total. The predicted molar refractivity (Wildman–Crippen MR) is 96.8 cm³/mol. The summed E-state index contributed by atoms with van der Waals surface area (Å²) in [7, 11) is 0. The monoisotopic (exact) mass is 294 g/mol. The Labute approximate surface area is 135 Å². The standard InChI is InChI=1S/C21H42/c1-4-6-8-10-12-16-21(17-13-11-9-7-5-2)18-14-15-20(3)19-21/h20H,4-19H2,1-3H3. The maximum absolute atomic E-state index is 2.50. The van der Waals surface area contributed by atoms with Crippen molar-refractivity contribution in [3.05, 3.63) is 0 Å². The lowest BCUT2D eigenvalue weighted by atomic mass is 9.65. The maximum atomic E-state index is 2.50. The molecule has 126 valence electrons. The molecule has 0 nitrogen and oxygen atoms in total. The Morgan fingerprint density at radius 1 is 0.762 bits per heavy atom. The molecule has 0 aromatic rings. The Morgan fingerprint density at radius 2 is 1.29 bits per heavy atom. The van der Waals surface area contributed by atoms with Gasteiger partial charge in [0.15, 0.2) is 0 Å². The van der Waals surface area contributed by atoms with Crippen LogP contribution in [0.25, 0.3) is 0 Å². The number of hydrogen-bond donors (Lipinski definition) is 0. The fourth-order valence-corrected chi connectivity index (χ4v) is 4.56. The summed E-state index contributed by atoms with van der Waals surface area (Å²) in [6.45, 7) is 7.14. The topological polar surface area (TPSA) is 0 Å². The van der Waals surface area contributed by atoms with E-state index in [1.807, 2.05) is 0 Å². The molecule has 0 aromatic carbocycles. The second-order valence-corrected chi connectivity index (χ2v) is 8.03. The van der Waals surface area contributed by atoms with Crippen LogP contribution >= 0.6 is 0 Å². The molecule has 0 bridgehead atoms. The summed E-state index contributed by atoms with van der Waals surface area (Å²) in [5.41, 5.74) is 0.746. The molecule has 0 saturated heterocycles. The lowest BCUT2D eigenvalue weighted by Gasteiger charge is -2.41. The molecule has 0 radical (unpaired) electrons. The van der Waals surface area contributed by atoms with Gasteiger partial charge in [-0.3, -0.25) is 0 Å². The summed E-state index contributed by atoms with van der Waals surface area (Å²) >= 11 is 0. The Balaban J connectivity index is 2.31. The van der Waals surface area contributed by atoms with Crippen molar-refractivity contribution in [3.63, 3.8) is 0 Å². The van der Waals surface area contributed by atoms with Gasteiger partial charge in [-0.1, -0.05) is 97.8 Å². The molecule has 1 unspecified atom stereocenters. The number of rotatable bonds is 12. The molecule has 0 aliphatic heterocycles. The van der Waals surface area contributed by atoms with Gasteiger partial charge in [-0.05, 0) is 37.0 Å². The largest absolute Gasteiger partial charge is 0.0654 e. The lowest BCUT2D eigenvalue weighted by molar-refractivity contribution is 0.112. The second-order valence-electron chi connectivity index (χ2n) is 8.03. The molecule has 21 heavy (non-hydrogen) atoms. The van der Waals surface area contributed by atoms with Crippen molar-refractivity contribution in [1.29, 1.82) is 0 Å². The van der Waals surface area contributed by atoms with E-state index in [-0.39, 0.29) is 0 Å². The summed E-state index contributed by atoms with van der Waals surface area (Å²) in [6.07, 6.45) is 23.7. The molecule has 0 heterocycles. The molecule has 1 rings (SSSR count). The van der Waals surface area contributed by atoms with Gasteiger partial charge in [0.2, 0.25) is 0 Å². The van der Waals surface area contributed by atoms with Gasteiger partial charge >= 0.3 is 0 Å². The van der Waals surface area contributed by atoms with Crippen molar-refractivity contribution in [1.82, 2.24) is 0 Å². The van der Waals surface area contributed by atoms with Gasteiger partial charge in [-0.15, -0.1) is 0 Å². The normalized spacial score (nSPS) is 21.6. The first-order valence-corrected chi connectivity index (χ1v) is 10.2. The van der Waals surface area contributed by atoms with Gasteiger partial charge in [0.05, 0.1) is 0 Å². The van der Waals surface area contributed by atoms with Gasteiger partial charge in [0.1, 0.15) is 0 Å². The Kier molecular flexibility index (Phi) is 10.5. The lowest BCUT2D eigenvalue weighted by Crippen LogP contribution is -2.28. The minimum Gasteiger partial charge on any atom is -0.0654 e. The van der Waals surface area contributed by atoms with Crippen molar-refractivity contribution < 1.29 is 0 Å². The van der Waals surface area contributed by atoms with Crippen LogP contribution in [0.15, 0.2) is 0 Å². The van der Waals surface area contributed by atoms with Crippen LogP contribution in [-0.4, -0.2) is 0 Å². The summed E-state index contributed by atoms with van der Waals surface area (Å²) < 4.78 is 0. The van der Waals surface area contributed by atoms with E-state index in [1.165, 1.54) is 96.3 Å². The van der Waals surface area contributed by atoms with Crippen LogP contribution in [0.4, 0.5) is 0 Å². The highest BCUT2D eigenvalue weighted by Gasteiger charge is 2.33. The molecule has 0 aromatic heterocycles. The number of unbranched alkanes of at least 4 members (excludes halogenated alkanes) is 8. The first-order chi connectivity index (χ1) is 10.2. The SMILES string of the molecule is CCCCCCCC1(CCCCCCC)CCCC(C)C1. The molecule has 1 fully saturated rings. The Bertz CT molecular complexity index is 216. The predicted octanol–water partition coefficient (Wildman–Crippen LogP) is 7.90. The van der Waals surface area contributed by atoms with Crippen LogP contribution in [-0.2, 0) is 0 Å². The van der Waals surface area contributed by atoms with E-state index in [1.54, 1.807) is 6.42 Å². The van der Waals surface area contributed by atoms with Gasteiger partial charge in [0.25, 0.3) is 0 Å². The summed E-state index contributed by atoms with van der Waals surface area (Å²) in [4.78, 5) is 0. The molecule has 0 spiro atoms. The molecule has 1 saturated carbocycles. The van der Waals surface area contributed by atoms with Crippen molar-refractivity contribution in [3.8, 4) is 0 Å². The fourth-order valence-electron chi connectivity index (χ4n) is 4.56. The molecular formula is C21H42. The molecular weight excluding hydrogens is 252 g/mol. The molecule has 0 heteroatoms. The van der Waals surface area contributed by atoms with E-state index in [9.17, 15) is 0 Å². The average molecular weight is 295 g/mol. The van der Waals surface area contributed by atoms with Gasteiger partial charge in [0, 0.05) is 0 Å². The third-order valence-corrected chi connectivity index (χ3v) is 5.81. The van der Waals surface area contributed by atoms with Crippen molar-refractivity contribution in [2.45, 2.75) is 124 Å². The first kappa shape index (κ1) is 19.0. The Hall–Kier alpha value is 0. The highest BCUT2D eigenvalue weighted by Crippen LogP contribution is 2.46. The van der Waals surface area contributed by atoms with Gasteiger partial charge in [-0.2, -0.15) is 0 Å². The average Bonchev–Trinajstić information content (AvgIpc) is 2.47. The van der Waals surface area contributed by atoms with Crippen molar-refractivity contribution in [2.24, 2.45) is 11.3 Å². The van der Waals surface area contributed by atoms with Crippen molar-refractivity contribution >= 4 is 0 Å². The van der Waals surface area contributed by atoms with Crippen LogP contribution in [0, 0.1) is 11.3 Å². The van der Waals surface area contributed by atoms with Crippen molar-refractivity contribution in [2.75, 3.05) is 0 Å². The van der Waals surface area contributed by atoms with E-state index in [0.29, 0.717) is 0 Å². The van der Waals surface area contributed by atoms with E-state index >= 15 is 0 Å². The van der Waals surface area contributed by atoms with Crippen LogP contribution in [0.3, 0.4) is 0 Å². The maximum Gasteiger partial charge on any atom is -0.0295 e. The van der Waals surface area contributed by atoms with E-state index in [2.05, 4.69) is 20.8 Å². The second kappa shape index (κ2) is 11.6. The smallest absolute Gasteiger partial charge is 0.0295 e. The van der Waals surface area contributed by atoms with Crippen LogP contribution in [0.2, 0.25) is 0 Å². The molecule has 1 atom stereocenters. The highest BCUT2D eigenvalue weighted by atomic mass is 14.4. The molecule has 0 amide bonds. The third-order valence-electron chi connectivity index (χ3n) is 5.81. The van der Waals surface area contributed by atoms with E-state index < -0.39 is 0 Å². The minimum atomic E-state index is 0.746. The molecule has 1 aliphatic carbocycles. The van der Waals surface area contributed by atoms with Gasteiger partial charge < -0.3 is 0 Å². The van der Waals surface area contributed by atoms with Gasteiger partial charge in [-0.25, -0.2) is 0 Å². The summed E-state index contributed by atoms with van der Waals surface area (Å²) in [6, 6.07) is 0. The minimum absolute atomic E-state index is 0.746. The number of hydrogen-bond acceptors (Lipinski definition) is 0. The van der Waals surface area contributed by atoms with E-state index in [0.717, 1.165) is 11.3 Å². The van der Waals surface area contributed by atoms with E-state index in [4.69, 9.17) is 0 Å². The first-order valence-electron chi connectivity index (χ1n) is 10.2.